The average Bonchev–Trinajstić information content (AvgIpc) is 3.28. The molecule has 0 spiro atoms. The van der Waals surface area contributed by atoms with Crippen LogP contribution in [0.1, 0.15) is 35.0 Å². The summed E-state index contributed by atoms with van der Waals surface area (Å²) >= 11 is 0. The standard InChI is InChI=1S/C19H17FN4O3/c1-11(13-3-8-16-17(9-13)27-10-26-16)21-19(25)18-22-12(2)24(23-18)15-6-4-14(20)5-7-15/h3-9,11H,10H2,1-2H3,(H,21,25). The van der Waals surface area contributed by atoms with Crippen molar-refractivity contribution >= 4 is 5.91 Å². The molecule has 0 bridgehead atoms. The van der Waals surface area contributed by atoms with E-state index in [1.165, 1.54) is 16.8 Å². The summed E-state index contributed by atoms with van der Waals surface area (Å²) in [5.41, 5.74) is 1.51. The number of amides is 1. The minimum absolute atomic E-state index is 0.0458. The van der Waals surface area contributed by atoms with Gasteiger partial charge >= 0.3 is 0 Å². The number of hydrogen-bond acceptors (Lipinski definition) is 5. The second-order valence-corrected chi connectivity index (χ2v) is 6.18. The predicted molar refractivity (Wildman–Crippen MR) is 94.5 cm³/mol. The number of rotatable bonds is 4. The van der Waals surface area contributed by atoms with Crippen LogP contribution in [0.5, 0.6) is 11.5 Å². The number of carbonyl (C=O) groups is 1. The van der Waals surface area contributed by atoms with E-state index in [9.17, 15) is 9.18 Å². The smallest absolute Gasteiger partial charge is 0.291 e. The largest absolute Gasteiger partial charge is 0.454 e. The van der Waals surface area contributed by atoms with E-state index in [-0.39, 0.29) is 24.5 Å². The van der Waals surface area contributed by atoms with E-state index in [0.29, 0.717) is 23.0 Å². The number of hydrogen-bond donors (Lipinski definition) is 1. The lowest BCUT2D eigenvalue weighted by atomic mass is 10.1. The highest BCUT2D eigenvalue weighted by molar-refractivity contribution is 5.90. The van der Waals surface area contributed by atoms with Gasteiger partial charge in [-0.2, -0.15) is 0 Å². The Morgan fingerprint density at radius 2 is 1.93 bits per heavy atom. The summed E-state index contributed by atoms with van der Waals surface area (Å²) in [4.78, 5) is 16.8. The molecule has 1 amide bonds. The van der Waals surface area contributed by atoms with Gasteiger partial charge in [-0.05, 0) is 55.8 Å². The molecule has 27 heavy (non-hydrogen) atoms. The molecule has 3 aromatic rings. The normalized spacial score (nSPS) is 13.4. The van der Waals surface area contributed by atoms with Crippen LogP contribution in [0, 0.1) is 12.7 Å². The maximum Gasteiger partial charge on any atom is 0.291 e. The number of benzene rings is 2. The number of nitrogens with one attached hydrogen (secondary N) is 1. The molecular weight excluding hydrogens is 351 g/mol. The SMILES string of the molecule is Cc1nc(C(=O)NC(C)c2ccc3c(c2)OCO3)nn1-c1ccc(F)cc1. The van der Waals surface area contributed by atoms with Crippen LogP contribution in [0.4, 0.5) is 4.39 Å². The molecule has 2 aromatic carbocycles. The van der Waals surface area contributed by atoms with Crippen molar-refractivity contribution in [2.45, 2.75) is 19.9 Å². The first kappa shape index (κ1) is 17.0. The van der Waals surface area contributed by atoms with Gasteiger partial charge in [-0.3, -0.25) is 4.79 Å². The van der Waals surface area contributed by atoms with Crippen molar-refractivity contribution in [1.29, 1.82) is 0 Å². The summed E-state index contributed by atoms with van der Waals surface area (Å²) in [6, 6.07) is 11.1. The maximum atomic E-state index is 13.1. The van der Waals surface area contributed by atoms with Gasteiger partial charge in [0.25, 0.3) is 5.91 Å². The molecule has 0 fully saturated rings. The first-order valence-corrected chi connectivity index (χ1v) is 8.41. The second kappa shape index (κ2) is 6.71. The van der Waals surface area contributed by atoms with Crippen molar-refractivity contribution in [3.05, 3.63) is 65.5 Å². The Kier molecular flexibility index (Phi) is 4.23. The number of ether oxygens (including phenoxy) is 2. The number of aryl methyl sites for hydroxylation is 1. The molecule has 1 aromatic heterocycles. The summed E-state index contributed by atoms with van der Waals surface area (Å²) in [6.45, 7) is 3.79. The summed E-state index contributed by atoms with van der Waals surface area (Å²) in [5.74, 6) is 1.18. The van der Waals surface area contributed by atoms with Crippen LogP contribution in [-0.2, 0) is 0 Å². The molecule has 2 heterocycles. The molecule has 7 nitrogen and oxygen atoms in total. The van der Waals surface area contributed by atoms with E-state index in [1.807, 2.05) is 25.1 Å². The number of fused-ring (bicyclic) bond motifs is 1. The molecule has 4 rings (SSSR count). The zero-order valence-corrected chi connectivity index (χ0v) is 14.8. The highest BCUT2D eigenvalue weighted by Crippen LogP contribution is 2.34. The topological polar surface area (TPSA) is 78.3 Å². The van der Waals surface area contributed by atoms with E-state index in [0.717, 1.165) is 5.56 Å². The van der Waals surface area contributed by atoms with Gasteiger partial charge in [-0.1, -0.05) is 6.07 Å². The Bertz CT molecular complexity index is 1000. The van der Waals surface area contributed by atoms with Gasteiger partial charge < -0.3 is 14.8 Å². The van der Waals surface area contributed by atoms with Gasteiger partial charge in [0.05, 0.1) is 11.7 Å². The minimum Gasteiger partial charge on any atom is -0.454 e. The lowest BCUT2D eigenvalue weighted by Crippen LogP contribution is -2.27. The lowest BCUT2D eigenvalue weighted by molar-refractivity contribution is 0.0929. The molecule has 1 atom stereocenters. The van der Waals surface area contributed by atoms with Crippen LogP contribution in [0.3, 0.4) is 0 Å². The third-order valence-electron chi connectivity index (χ3n) is 4.29. The Balaban J connectivity index is 1.51. The molecule has 1 N–H and O–H groups in total. The zero-order chi connectivity index (χ0) is 19.0. The fraction of sp³-hybridized carbons (Fsp3) is 0.211. The van der Waals surface area contributed by atoms with Crippen LogP contribution in [0.25, 0.3) is 5.69 Å². The molecule has 1 aliphatic heterocycles. The Labute approximate surface area is 154 Å². The van der Waals surface area contributed by atoms with E-state index in [4.69, 9.17) is 9.47 Å². The van der Waals surface area contributed by atoms with Crippen LogP contribution in [0.15, 0.2) is 42.5 Å². The minimum atomic E-state index is -0.399. The molecule has 138 valence electrons. The van der Waals surface area contributed by atoms with Gasteiger partial charge in [0.15, 0.2) is 11.5 Å². The van der Waals surface area contributed by atoms with Crippen molar-refractivity contribution in [3.63, 3.8) is 0 Å². The van der Waals surface area contributed by atoms with Crippen LogP contribution in [0.2, 0.25) is 0 Å². The molecule has 1 unspecified atom stereocenters. The third kappa shape index (κ3) is 3.33. The Morgan fingerprint density at radius 3 is 2.70 bits per heavy atom. The predicted octanol–water partition coefficient (Wildman–Crippen LogP) is 2.93. The van der Waals surface area contributed by atoms with Crippen LogP contribution >= 0.6 is 0 Å². The maximum absolute atomic E-state index is 13.1. The first-order valence-electron chi connectivity index (χ1n) is 8.41. The van der Waals surface area contributed by atoms with Gasteiger partial charge in [0, 0.05) is 0 Å². The second-order valence-electron chi connectivity index (χ2n) is 6.18. The third-order valence-corrected chi connectivity index (χ3v) is 4.29. The van der Waals surface area contributed by atoms with Gasteiger partial charge in [-0.25, -0.2) is 14.1 Å². The summed E-state index contributed by atoms with van der Waals surface area (Å²) < 4.78 is 25.3. The Hall–Kier alpha value is -3.42. The Morgan fingerprint density at radius 1 is 1.19 bits per heavy atom. The monoisotopic (exact) mass is 368 g/mol. The molecule has 0 radical (unpaired) electrons. The van der Waals surface area contributed by atoms with Crippen molar-refractivity contribution in [2.24, 2.45) is 0 Å². The van der Waals surface area contributed by atoms with E-state index in [2.05, 4.69) is 15.4 Å². The number of carbonyl (C=O) groups excluding carboxylic acids is 1. The molecule has 1 aliphatic rings. The number of halogens is 1. The average molecular weight is 368 g/mol. The van der Waals surface area contributed by atoms with Crippen molar-refractivity contribution in [1.82, 2.24) is 20.1 Å². The van der Waals surface area contributed by atoms with Crippen LogP contribution in [-0.4, -0.2) is 27.5 Å². The highest BCUT2D eigenvalue weighted by Gasteiger charge is 2.20. The fourth-order valence-corrected chi connectivity index (χ4v) is 2.84. The fourth-order valence-electron chi connectivity index (χ4n) is 2.84. The van der Waals surface area contributed by atoms with Crippen molar-refractivity contribution in [2.75, 3.05) is 6.79 Å². The molecule has 8 heteroatoms. The molecular formula is C19H17FN4O3. The van der Waals surface area contributed by atoms with Gasteiger partial charge in [0.1, 0.15) is 11.6 Å². The summed E-state index contributed by atoms with van der Waals surface area (Å²) in [7, 11) is 0. The van der Waals surface area contributed by atoms with Crippen molar-refractivity contribution < 1.29 is 18.7 Å². The molecule has 0 saturated carbocycles. The van der Waals surface area contributed by atoms with Gasteiger partial charge in [-0.15, -0.1) is 5.10 Å². The quantitative estimate of drug-likeness (QED) is 0.766. The lowest BCUT2D eigenvalue weighted by Gasteiger charge is -2.13. The summed E-state index contributed by atoms with van der Waals surface area (Å²) in [6.07, 6.45) is 0. The summed E-state index contributed by atoms with van der Waals surface area (Å²) in [5, 5.41) is 7.11. The first-order chi connectivity index (χ1) is 13.0. The van der Waals surface area contributed by atoms with Gasteiger partial charge in [0.2, 0.25) is 12.6 Å². The number of nitrogens with zero attached hydrogens (tertiary/aromatic N) is 3. The zero-order valence-electron chi connectivity index (χ0n) is 14.8. The van der Waals surface area contributed by atoms with E-state index in [1.54, 1.807) is 19.1 Å². The molecule has 0 saturated heterocycles. The number of aromatic nitrogens is 3. The van der Waals surface area contributed by atoms with Crippen LogP contribution < -0.4 is 14.8 Å². The van der Waals surface area contributed by atoms with E-state index < -0.39 is 5.91 Å². The van der Waals surface area contributed by atoms with E-state index >= 15 is 0 Å². The highest BCUT2D eigenvalue weighted by atomic mass is 19.1. The van der Waals surface area contributed by atoms with Crippen molar-refractivity contribution in [3.8, 4) is 17.2 Å². The molecule has 0 aliphatic carbocycles.